The molecule has 0 unspecified atom stereocenters. The molecule has 3 N–H and O–H groups in total. The number of carbonyl (C=O) groups is 1. The average Bonchev–Trinajstić information content (AvgIpc) is 2.93. The van der Waals surface area contributed by atoms with Gasteiger partial charge in [0.25, 0.3) is 0 Å². The van der Waals surface area contributed by atoms with Crippen molar-refractivity contribution in [2.24, 2.45) is 23.7 Å². The minimum Gasteiger partial charge on any atom is -0.459 e. The Bertz CT molecular complexity index is 434. The summed E-state index contributed by atoms with van der Waals surface area (Å²) in [5.74, 6) is -0.777. The summed E-state index contributed by atoms with van der Waals surface area (Å²) in [6.45, 7) is 3.59. The molecule has 0 spiro atoms. The van der Waals surface area contributed by atoms with Gasteiger partial charge < -0.3 is 20.1 Å². The highest BCUT2D eigenvalue weighted by molar-refractivity contribution is 5.82. The fourth-order valence-electron chi connectivity index (χ4n) is 4.48. The number of aliphatic hydroxyl groups is 3. The molecule has 5 heteroatoms. The van der Waals surface area contributed by atoms with E-state index in [1.165, 1.54) is 0 Å². The topological polar surface area (TPSA) is 87.0 Å². The molecular weight excluding hydrogens is 260 g/mol. The molecule has 0 bridgehead atoms. The van der Waals surface area contributed by atoms with Crippen molar-refractivity contribution < 1.29 is 24.9 Å². The molecule has 112 valence electrons. The Balaban J connectivity index is 1.98. The molecule has 3 rings (SSSR count). The Hall–Kier alpha value is -0.910. The minimum atomic E-state index is -1.79. The Labute approximate surface area is 118 Å². The number of rotatable bonds is 2. The lowest BCUT2D eigenvalue weighted by atomic mass is 9.76. The van der Waals surface area contributed by atoms with Gasteiger partial charge in [0.2, 0.25) is 0 Å². The van der Waals surface area contributed by atoms with Crippen LogP contribution >= 0.6 is 0 Å². The fourth-order valence-corrected chi connectivity index (χ4v) is 4.48. The standard InChI is InChI=1S/C15H22O5/c1-8-2-5-11-13(20-14(18)15(11,19)7-17)12-9(6-16)3-4-10(8)12/h9-13,16-17,19H,1-7H2/t9-,10-,11+,12-,13-,15-/m0/s1. The monoisotopic (exact) mass is 282 g/mol. The van der Waals surface area contributed by atoms with E-state index >= 15 is 0 Å². The summed E-state index contributed by atoms with van der Waals surface area (Å²) in [5, 5.41) is 29.4. The Morgan fingerprint density at radius 1 is 1.30 bits per heavy atom. The smallest absolute Gasteiger partial charge is 0.341 e. The molecule has 2 aliphatic carbocycles. The van der Waals surface area contributed by atoms with E-state index in [2.05, 4.69) is 6.58 Å². The molecule has 2 saturated carbocycles. The van der Waals surface area contributed by atoms with Crippen LogP contribution in [0.3, 0.4) is 0 Å². The van der Waals surface area contributed by atoms with Gasteiger partial charge in [0, 0.05) is 18.4 Å². The van der Waals surface area contributed by atoms with Crippen LogP contribution in [0, 0.1) is 23.7 Å². The van der Waals surface area contributed by atoms with Crippen molar-refractivity contribution in [2.75, 3.05) is 13.2 Å². The van der Waals surface area contributed by atoms with Crippen LogP contribution in [0.4, 0.5) is 0 Å². The van der Waals surface area contributed by atoms with Gasteiger partial charge in [0.1, 0.15) is 6.10 Å². The van der Waals surface area contributed by atoms with Gasteiger partial charge in [-0.25, -0.2) is 4.79 Å². The summed E-state index contributed by atoms with van der Waals surface area (Å²) >= 11 is 0. The van der Waals surface area contributed by atoms with Gasteiger partial charge in [-0.3, -0.25) is 0 Å². The zero-order valence-electron chi connectivity index (χ0n) is 11.5. The first-order valence-electron chi connectivity index (χ1n) is 7.35. The van der Waals surface area contributed by atoms with Crippen molar-refractivity contribution in [3.8, 4) is 0 Å². The zero-order valence-corrected chi connectivity index (χ0v) is 11.5. The van der Waals surface area contributed by atoms with Crippen molar-refractivity contribution in [3.05, 3.63) is 12.2 Å². The number of esters is 1. The lowest BCUT2D eigenvalue weighted by Gasteiger charge is -2.31. The molecule has 0 radical (unpaired) electrons. The Morgan fingerprint density at radius 3 is 2.70 bits per heavy atom. The molecule has 20 heavy (non-hydrogen) atoms. The Morgan fingerprint density at radius 2 is 2.05 bits per heavy atom. The van der Waals surface area contributed by atoms with Crippen molar-refractivity contribution in [1.29, 1.82) is 0 Å². The van der Waals surface area contributed by atoms with Gasteiger partial charge in [-0.15, -0.1) is 0 Å². The predicted octanol–water partition coefficient (Wildman–Crippen LogP) is 0.236. The summed E-state index contributed by atoms with van der Waals surface area (Å²) in [7, 11) is 0. The molecule has 1 saturated heterocycles. The molecule has 0 aromatic rings. The van der Waals surface area contributed by atoms with Crippen LogP contribution in [0.25, 0.3) is 0 Å². The number of hydrogen-bond donors (Lipinski definition) is 3. The van der Waals surface area contributed by atoms with Crippen molar-refractivity contribution >= 4 is 5.97 Å². The third-order valence-electron chi connectivity index (χ3n) is 5.62. The van der Waals surface area contributed by atoms with Crippen LogP contribution in [-0.4, -0.2) is 46.2 Å². The third-order valence-corrected chi connectivity index (χ3v) is 5.62. The quantitative estimate of drug-likeness (QED) is 0.499. The molecule has 3 fully saturated rings. The number of carbonyl (C=O) groups excluding carboxylic acids is 1. The maximum atomic E-state index is 12.0. The average molecular weight is 282 g/mol. The van der Waals surface area contributed by atoms with Crippen LogP contribution in [0.2, 0.25) is 0 Å². The molecule has 5 nitrogen and oxygen atoms in total. The van der Waals surface area contributed by atoms with E-state index in [0.29, 0.717) is 6.42 Å². The number of aliphatic hydroxyl groups excluding tert-OH is 2. The SMILES string of the molecule is C=C1CC[C@@H]2[C@H](OC(=O)[C@]2(O)CO)[C@H]2[C@H](CO)CC[C@@H]12. The second kappa shape index (κ2) is 4.83. The number of allylic oxidation sites excluding steroid dienone is 1. The molecule has 1 heterocycles. The van der Waals surface area contributed by atoms with Crippen LogP contribution in [0.5, 0.6) is 0 Å². The first-order valence-corrected chi connectivity index (χ1v) is 7.35. The maximum Gasteiger partial charge on any atom is 0.341 e. The lowest BCUT2D eigenvalue weighted by molar-refractivity contribution is -0.160. The van der Waals surface area contributed by atoms with Crippen molar-refractivity contribution in [2.45, 2.75) is 37.4 Å². The van der Waals surface area contributed by atoms with Gasteiger partial charge >= 0.3 is 5.97 Å². The zero-order chi connectivity index (χ0) is 14.5. The largest absolute Gasteiger partial charge is 0.459 e. The molecule has 6 atom stereocenters. The van der Waals surface area contributed by atoms with E-state index in [9.17, 15) is 20.1 Å². The number of fused-ring (bicyclic) bond motifs is 3. The lowest BCUT2D eigenvalue weighted by Crippen LogP contribution is -2.46. The second-order valence-electron chi connectivity index (χ2n) is 6.46. The first-order chi connectivity index (χ1) is 9.52. The van der Waals surface area contributed by atoms with Gasteiger partial charge in [-0.05, 0) is 37.5 Å². The Kier molecular flexibility index (Phi) is 3.39. The number of hydrogen-bond acceptors (Lipinski definition) is 5. The molecule has 1 aliphatic heterocycles. The van der Waals surface area contributed by atoms with E-state index in [4.69, 9.17) is 4.74 Å². The fraction of sp³-hybridized carbons (Fsp3) is 0.800. The van der Waals surface area contributed by atoms with Crippen molar-refractivity contribution in [3.63, 3.8) is 0 Å². The molecule has 0 aromatic heterocycles. The summed E-state index contributed by atoms with van der Waals surface area (Å²) < 4.78 is 5.44. The van der Waals surface area contributed by atoms with Gasteiger partial charge in [0.05, 0.1) is 6.61 Å². The minimum absolute atomic E-state index is 0.0181. The van der Waals surface area contributed by atoms with E-state index in [1.807, 2.05) is 0 Å². The second-order valence-corrected chi connectivity index (χ2v) is 6.46. The predicted molar refractivity (Wildman–Crippen MR) is 70.6 cm³/mol. The maximum absolute atomic E-state index is 12.0. The van der Waals surface area contributed by atoms with Crippen molar-refractivity contribution in [1.82, 2.24) is 0 Å². The van der Waals surface area contributed by atoms with Crippen LogP contribution in [0.1, 0.15) is 25.7 Å². The normalized spacial score (nSPS) is 47.6. The molecule has 0 aromatic carbocycles. The van der Waals surface area contributed by atoms with E-state index in [0.717, 1.165) is 24.8 Å². The third kappa shape index (κ3) is 1.76. The molecule has 3 aliphatic rings. The highest BCUT2D eigenvalue weighted by Gasteiger charge is 2.61. The first kappa shape index (κ1) is 14.0. The van der Waals surface area contributed by atoms with Crippen LogP contribution in [0.15, 0.2) is 12.2 Å². The number of ether oxygens (including phenoxy) is 1. The van der Waals surface area contributed by atoms with Gasteiger partial charge in [0.15, 0.2) is 5.60 Å². The summed E-state index contributed by atoms with van der Waals surface area (Å²) in [6.07, 6.45) is 2.76. The van der Waals surface area contributed by atoms with E-state index < -0.39 is 30.2 Å². The summed E-state index contributed by atoms with van der Waals surface area (Å²) in [5.41, 5.74) is -0.667. The molecular formula is C15H22O5. The van der Waals surface area contributed by atoms with E-state index in [1.54, 1.807) is 0 Å². The van der Waals surface area contributed by atoms with E-state index in [-0.39, 0.29) is 24.4 Å². The van der Waals surface area contributed by atoms with Crippen LogP contribution in [-0.2, 0) is 9.53 Å². The van der Waals surface area contributed by atoms with Crippen LogP contribution < -0.4 is 0 Å². The van der Waals surface area contributed by atoms with Gasteiger partial charge in [-0.1, -0.05) is 12.2 Å². The molecule has 0 amide bonds. The highest BCUT2D eigenvalue weighted by atomic mass is 16.6. The summed E-state index contributed by atoms with van der Waals surface area (Å²) in [4.78, 5) is 12.0. The highest BCUT2D eigenvalue weighted by Crippen LogP contribution is 2.53. The summed E-state index contributed by atoms with van der Waals surface area (Å²) in [6, 6.07) is 0. The van der Waals surface area contributed by atoms with Gasteiger partial charge in [-0.2, -0.15) is 0 Å².